The maximum atomic E-state index is 12.4. The molecule has 2 aromatic rings. The van der Waals surface area contributed by atoms with Gasteiger partial charge in [-0.25, -0.2) is 4.98 Å². The minimum atomic E-state index is -0.591. The Labute approximate surface area is 162 Å². The molecule has 1 aromatic heterocycles. The van der Waals surface area contributed by atoms with Crippen molar-refractivity contribution in [2.75, 3.05) is 32.6 Å². The molecule has 1 saturated heterocycles. The van der Waals surface area contributed by atoms with Crippen molar-refractivity contribution < 1.29 is 19.2 Å². The number of nitrogens with one attached hydrogen (secondary N) is 1. The number of nitro benzene ring substituents is 1. The minimum Gasteiger partial charge on any atom is -0.490 e. The molecule has 2 heterocycles. The zero-order chi connectivity index (χ0) is 20.1. The number of carbonyl (C=O) groups is 1. The van der Waals surface area contributed by atoms with Crippen LogP contribution in [0.1, 0.15) is 23.2 Å². The number of nitro groups is 1. The van der Waals surface area contributed by atoms with Crippen LogP contribution < -0.4 is 14.8 Å². The van der Waals surface area contributed by atoms with Crippen molar-refractivity contribution in [1.29, 1.82) is 0 Å². The topological polar surface area (TPSA) is 107 Å². The number of aromatic nitrogens is 1. The molecule has 1 aliphatic heterocycles. The number of carbonyl (C=O) groups excluding carboxylic acids is 1. The molecule has 0 spiro atoms. The Morgan fingerprint density at radius 1 is 1.29 bits per heavy atom. The number of benzene rings is 1. The molecule has 0 bridgehead atoms. The SMILES string of the molecule is COc1ccc(C(=O)Nc2ccc(OC3CCN(C)CC3)nc2)cc1[N+](=O)[O-]. The molecule has 0 atom stereocenters. The lowest BCUT2D eigenvalue weighted by Crippen LogP contribution is -2.35. The zero-order valence-electron chi connectivity index (χ0n) is 15.8. The van der Waals surface area contributed by atoms with Gasteiger partial charge < -0.3 is 19.7 Å². The van der Waals surface area contributed by atoms with Gasteiger partial charge in [0.1, 0.15) is 6.10 Å². The largest absolute Gasteiger partial charge is 0.490 e. The number of ether oxygens (including phenoxy) is 2. The number of likely N-dealkylation sites (tertiary alicyclic amines) is 1. The molecule has 9 heteroatoms. The first-order valence-corrected chi connectivity index (χ1v) is 8.91. The smallest absolute Gasteiger partial charge is 0.311 e. The van der Waals surface area contributed by atoms with Crippen LogP contribution in [0.25, 0.3) is 0 Å². The van der Waals surface area contributed by atoms with Crippen LogP contribution in [-0.4, -0.2) is 54.1 Å². The molecule has 1 aliphatic rings. The fourth-order valence-corrected chi connectivity index (χ4v) is 2.97. The third-order valence-corrected chi connectivity index (χ3v) is 4.58. The van der Waals surface area contributed by atoms with Crippen LogP contribution in [0, 0.1) is 10.1 Å². The van der Waals surface area contributed by atoms with Gasteiger partial charge in [-0.05, 0) is 38.1 Å². The van der Waals surface area contributed by atoms with Crippen LogP contribution in [0.3, 0.4) is 0 Å². The van der Waals surface area contributed by atoms with Crippen molar-refractivity contribution in [3.8, 4) is 11.6 Å². The van der Waals surface area contributed by atoms with E-state index in [9.17, 15) is 14.9 Å². The van der Waals surface area contributed by atoms with Gasteiger partial charge in [-0.1, -0.05) is 0 Å². The van der Waals surface area contributed by atoms with E-state index in [0.717, 1.165) is 25.9 Å². The summed E-state index contributed by atoms with van der Waals surface area (Å²) in [7, 11) is 3.42. The molecule has 1 N–H and O–H groups in total. The monoisotopic (exact) mass is 386 g/mol. The second-order valence-electron chi connectivity index (χ2n) is 6.60. The first kappa shape index (κ1) is 19.6. The van der Waals surface area contributed by atoms with E-state index in [-0.39, 0.29) is 23.1 Å². The van der Waals surface area contributed by atoms with Crippen LogP contribution in [0.4, 0.5) is 11.4 Å². The molecule has 0 unspecified atom stereocenters. The Morgan fingerprint density at radius 3 is 2.64 bits per heavy atom. The third kappa shape index (κ3) is 4.74. The Balaban J connectivity index is 1.63. The fourth-order valence-electron chi connectivity index (χ4n) is 2.97. The van der Waals surface area contributed by atoms with Crippen molar-refractivity contribution in [3.63, 3.8) is 0 Å². The molecular weight excluding hydrogens is 364 g/mol. The van der Waals surface area contributed by atoms with Crippen molar-refractivity contribution in [2.45, 2.75) is 18.9 Å². The molecule has 1 fully saturated rings. The van der Waals surface area contributed by atoms with Crippen molar-refractivity contribution in [3.05, 3.63) is 52.2 Å². The molecule has 28 heavy (non-hydrogen) atoms. The standard InChI is InChI=1S/C19H22N4O5/c1-22-9-7-15(8-10-22)28-18-6-4-14(12-20-18)21-19(24)13-3-5-17(27-2)16(11-13)23(25)26/h3-6,11-12,15H,7-10H2,1-2H3,(H,21,24). The predicted octanol–water partition coefficient (Wildman–Crippen LogP) is 2.72. The van der Waals surface area contributed by atoms with Crippen LogP contribution in [0.5, 0.6) is 11.6 Å². The van der Waals surface area contributed by atoms with Gasteiger partial charge in [-0.2, -0.15) is 0 Å². The van der Waals surface area contributed by atoms with Gasteiger partial charge in [0, 0.05) is 30.8 Å². The Bertz CT molecular complexity index is 848. The van der Waals surface area contributed by atoms with Gasteiger partial charge in [-0.3, -0.25) is 14.9 Å². The van der Waals surface area contributed by atoms with Crippen molar-refractivity contribution in [2.24, 2.45) is 0 Å². The molecule has 148 valence electrons. The molecule has 0 aliphatic carbocycles. The highest BCUT2D eigenvalue weighted by atomic mass is 16.6. The molecular formula is C19H22N4O5. The highest BCUT2D eigenvalue weighted by Gasteiger charge is 2.20. The molecule has 1 aromatic carbocycles. The summed E-state index contributed by atoms with van der Waals surface area (Å²) in [5.74, 6) is 0.128. The Morgan fingerprint density at radius 2 is 2.04 bits per heavy atom. The van der Waals surface area contributed by atoms with Crippen LogP contribution in [0.2, 0.25) is 0 Å². The summed E-state index contributed by atoms with van der Waals surface area (Å²) < 4.78 is 10.8. The number of rotatable bonds is 6. The summed E-state index contributed by atoms with van der Waals surface area (Å²) in [6, 6.07) is 7.42. The summed E-state index contributed by atoms with van der Waals surface area (Å²) in [4.78, 5) is 29.4. The van der Waals surface area contributed by atoms with E-state index in [2.05, 4.69) is 22.2 Å². The zero-order valence-corrected chi connectivity index (χ0v) is 15.8. The highest BCUT2D eigenvalue weighted by Crippen LogP contribution is 2.28. The number of hydrogen-bond donors (Lipinski definition) is 1. The second-order valence-corrected chi connectivity index (χ2v) is 6.60. The van der Waals surface area contributed by atoms with Gasteiger partial charge in [0.2, 0.25) is 5.88 Å². The number of nitrogens with zero attached hydrogens (tertiary/aromatic N) is 3. The summed E-state index contributed by atoms with van der Waals surface area (Å²) in [5, 5.41) is 13.8. The normalized spacial score (nSPS) is 15.1. The van der Waals surface area contributed by atoms with Gasteiger partial charge in [0.25, 0.3) is 5.91 Å². The van der Waals surface area contributed by atoms with E-state index in [4.69, 9.17) is 9.47 Å². The van der Waals surface area contributed by atoms with Crippen molar-refractivity contribution >= 4 is 17.3 Å². The highest BCUT2D eigenvalue weighted by molar-refractivity contribution is 6.04. The lowest BCUT2D eigenvalue weighted by Gasteiger charge is -2.28. The minimum absolute atomic E-state index is 0.0959. The quantitative estimate of drug-likeness (QED) is 0.601. The van der Waals surface area contributed by atoms with Gasteiger partial charge in [0.15, 0.2) is 5.75 Å². The summed E-state index contributed by atoms with van der Waals surface area (Å²) >= 11 is 0. The van der Waals surface area contributed by atoms with E-state index >= 15 is 0 Å². The molecule has 0 radical (unpaired) electrons. The van der Waals surface area contributed by atoms with Gasteiger partial charge >= 0.3 is 5.69 Å². The average Bonchev–Trinajstić information content (AvgIpc) is 2.70. The van der Waals surface area contributed by atoms with E-state index in [1.54, 1.807) is 12.1 Å². The summed E-state index contributed by atoms with van der Waals surface area (Å²) in [6.07, 6.45) is 3.55. The van der Waals surface area contributed by atoms with E-state index in [1.165, 1.54) is 31.5 Å². The lowest BCUT2D eigenvalue weighted by molar-refractivity contribution is -0.385. The molecule has 0 saturated carbocycles. The van der Waals surface area contributed by atoms with E-state index in [0.29, 0.717) is 11.6 Å². The summed E-state index contributed by atoms with van der Waals surface area (Å²) in [6.45, 7) is 1.99. The first-order valence-electron chi connectivity index (χ1n) is 8.91. The van der Waals surface area contributed by atoms with Gasteiger partial charge in [0.05, 0.1) is 23.9 Å². The number of anilines is 1. The predicted molar refractivity (Wildman–Crippen MR) is 103 cm³/mol. The third-order valence-electron chi connectivity index (χ3n) is 4.58. The van der Waals surface area contributed by atoms with Crippen LogP contribution in [-0.2, 0) is 0 Å². The van der Waals surface area contributed by atoms with Gasteiger partial charge in [-0.15, -0.1) is 0 Å². The number of piperidine rings is 1. The van der Waals surface area contributed by atoms with Crippen LogP contribution in [0.15, 0.2) is 36.5 Å². The first-order chi connectivity index (χ1) is 13.5. The molecule has 9 nitrogen and oxygen atoms in total. The lowest BCUT2D eigenvalue weighted by atomic mass is 10.1. The average molecular weight is 386 g/mol. The maximum absolute atomic E-state index is 12.4. The van der Waals surface area contributed by atoms with Crippen LogP contribution >= 0.6 is 0 Å². The molecule has 1 amide bonds. The Kier molecular flexibility index (Phi) is 6.05. The van der Waals surface area contributed by atoms with E-state index in [1.807, 2.05) is 0 Å². The van der Waals surface area contributed by atoms with E-state index < -0.39 is 10.8 Å². The van der Waals surface area contributed by atoms with Crippen molar-refractivity contribution in [1.82, 2.24) is 9.88 Å². The summed E-state index contributed by atoms with van der Waals surface area (Å²) in [5.41, 5.74) is 0.355. The number of amides is 1. The number of hydrogen-bond acceptors (Lipinski definition) is 7. The fraction of sp³-hybridized carbons (Fsp3) is 0.368. The number of pyridine rings is 1. The molecule has 3 rings (SSSR count). The second kappa shape index (κ2) is 8.66. The Hall–Kier alpha value is -3.20. The number of methoxy groups -OCH3 is 1. The maximum Gasteiger partial charge on any atom is 0.311 e.